The molecule has 0 atom stereocenters. The first-order chi connectivity index (χ1) is 12.8. The maximum absolute atomic E-state index is 11.3. The molecule has 150 valence electrons. The van der Waals surface area contributed by atoms with Crippen molar-refractivity contribution in [2.24, 2.45) is 11.3 Å². The van der Waals surface area contributed by atoms with Gasteiger partial charge in [0, 0.05) is 19.1 Å². The van der Waals surface area contributed by atoms with Crippen molar-refractivity contribution in [1.82, 2.24) is 5.32 Å². The highest BCUT2D eigenvalue weighted by atomic mass is 32.1. The van der Waals surface area contributed by atoms with E-state index in [0.29, 0.717) is 25.5 Å². The maximum atomic E-state index is 11.3. The molecule has 1 aliphatic rings. The van der Waals surface area contributed by atoms with Crippen LogP contribution in [0.3, 0.4) is 0 Å². The average Bonchev–Trinajstić information content (AvgIpc) is 3.04. The number of aldehydes is 1. The third-order valence-electron chi connectivity index (χ3n) is 4.45. The molecule has 0 bridgehead atoms. The lowest BCUT2D eigenvalue weighted by atomic mass is 9.79. The van der Waals surface area contributed by atoms with Crippen molar-refractivity contribution in [2.45, 2.75) is 59.3 Å². The van der Waals surface area contributed by atoms with Crippen LogP contribution < -0.4 is 5.32 Å². The van der Waals surface area contributed by atoms with Crippen LogP contribution in [0.25, 0.3) is 0 Å². The number of hydrogen-bond donors (Lipinski definition) is 1. The van der Waals surface area contributed by atoms with Gasteiger partial charge in [0.15, 0.2) is 6.29 Å². The van der Waals surface area contributed by atoms with Crippen molar-refractivity contribution < 1.29 is 14.3 Å². The van der Waals surface area contributed by atoms with Gasteiger partial charge in [0.05, 0.1) is 16.4 Å². The minimum Gasteiger partial charge on any atom is -0.383 e. The Kier molecular flexibility index (Phi) is 10.4. The summed E-state index contributed by atoms with van der Waals surface area (Å²) in [6.45, 7) is 9.83. The molecule has 1 N–H and O–H groups in total. The second kappa shape index (κ2) is 11.9. The summed E-state index contributed by atoms with van der Waals surface area (Å²) in [6.07, 6.45) is 6.65. The van der Waals surface area contributed by atoms with Crippen LogP contribution in [-0.4, -0.2) is 33.0 Å². The summed E-state index contributed by atoms with van der Waals surface area (Å²) >= 11 is 1.55. The third kappa shape index (κ3) is 9.21. The second-order valence-corrected chi connectivity index (χ2v) is 9.15. The van der Waals surface area contributed by atoms with Crippen LogP contribution >= 0.6 is 11.3 Å². The van der Waals surface area contributed by atoms with E-state index in [-0.39, 0.29) is 5.41 Å². The van der Waals surface area contributed by atoms with Crippen molar-refractivity contribution >= 4 is 24.0 Å². The van der Waals surface area contributed by atoms with Crippen LogP contribution in [0.15, 0.2) is 6.07 Å². The topological polar surface area (TPSA) is 55.4 Å². The molecule has 1 aromatic heterocycles. The molecular weight excluding hydrogens is 358 g/mol. The number of rotatable bonds is 6. The molecule has 0 spiro atoms. The molecular formula is C22H33NO3S. The van der Waals surface area contributed by atoms with Crippen LogP contribution in [-0.2, 0) is 9.53 Å². The summed E-state index contributed by atoms with van der Waals surface area (Å²) in [7, 11) is 1.59. The van der Waals surface area contributed by atoms with Crippen LogP contribution in [0.1, 0.15) is 79.4 Å². The highest BCUT2D eigenvalue weighted by molar-refractivity contribution is 7.14. The van der Waals surface area contributed by atoms with E-state index in [1.165, 1.54) is 31.2 Å². The molecule has 0 unspecified atom stereocenters. The van der Waals surface area contributed by atoms with Gasteiger partial charge in [-0.1, -0.05) is 31.6 Å². The normalized spacial score (nSPS) is 19.1. The second-order valence-electron chi connectivity index (χ2n) is 8.07. The zero-order valence-electron chi connectivity index (χ0n) is 17.3. The van der Waals surface area contributed by atoms with E-state index in [4.69, 9.17) is 0 Å². The van der Waals surface area contributed by atoms with Crippen molar-refractivity contribution in [2.75, 3.05) is 20.3 Å². The van der Waals surface area contributed by atoms with Gasteiger partial charge in [0.25, 0.3) is 0 Å². The molecule has 0 aliphatic heterocycles. The highest BCUT2D eigenvalue weighted by Crippen LogP contribution is 2.39. The van der Waals surface area contributed by atoms with E-state index in [9.17, 15) is 9.59 Å². The zero-order chi connectivity index (χ0) is 20.3. The first-order valence-corrected chi connectivity index (χ1v) is 10.4. The average molecular weight is 392 g/mol. The smallest absolute Gasteiger partial charge is 0.207 e. The van der Waals surface area contributed by atoms with Crippen molar-refractivity contribution in [3.63, 3.8) is 0 Å². The van der Waals surface area contributed by atoms with Gasteiger partial charge in [-0.25, -0.2) is 0 Å². The molecule has 5 heteroatoms. The quantitative estimate of drug-likeness (QED) is 0.437. The number of amides is 1. The predicted octanol–water partition coefficient (Wildman–Crippen LogP) is 4.63. The number of methoxy groups -OCH3 is 1. The Morgan fingerprint density at radius 1 is 1.26 bits per heavy atom. The summed E-state index contributed by atoms with van der Waals surface area (Å²) in [5.74, 6) is 7.89. The molecule has 2 rings (SSSR count). The van der Waals surface area contributed by atoms with Gasteiger partial charge in [-0.2, -0.15) is 0 Å². The predicted molar refractivity (Wildman–Crippen MR) is 112 cm³/mol. The Morgan fingerprint density at radius 2 is 1.93 bits per heavy atom. The lowest BCUT2D eigenvalue weighted by molar-refractivity contribution is -0.109. The Bertz CT molecular complexity index is 641. The SMILES string of the molecule is CC1CCC(c2cc(C#CC(C)(C)C)sc2C=O)CC1.COCCNC=O. The number of nitrogens with one attached hydrogen (secondary N) is 1. The van der Waals surface area contributed by atoms with Crippen LogP contribution in [0.5, 0.6) is 0 Å². The minimum absolute atomic E-state index is 0.00572. The molecule has 0 aromatic carbocycles. The van der Waals surface area contributed by atoms with Crippen LogP contribution in [0.4, 0.5) is 0 Å². The van der Waals surface area contributed by atoms with Crippen LogP contribution in [0, 0.1) is 23.2 Å². The first-order valence-electron chi connectivity index (χ1n) is 9.58. The fourth-order valence-corrected chi connectivity index (χ4v) is 3.85. The van der Waals surface area contributed by atoms with E-state index in [2.05, 4.69) is 55.7 Å². The largest absolute Gasteiger partial charge is 0.383 e. The number of thiophene rings is 1. The number of carbonyl (C=O) groups excluding carboxylic acids is 2. The van der Waals surface area contributed by atoms with E-state index in [0.717, 1.165) is 22.0 Å². The summed E-state index contributed by atoms with van der Waals surface area (Å²) in [5, 5.41) is 2.44. The van der Waals surface area contributed by atoms with Crippen LogP contribution in [0.2, 0.25) is 0 Å². The number of ether oxygens (including phenoxy) is 1. The standard InChI is InChI=1S/C18H24OS.C4H9NO2/c1-13-5-7-14(8-6-13)16-11-15(20-17(16)12-19)9-10-18(2,3)4;1-7-3-2-5-4-6/h11-14H,5-8H2,1-4H3;4H,2-3H2,1H3,(H,5,6). The van der Waals surface area contributed by atoms with E-state index in [1.54, 1.807) is 18.4 Å². The number of hydrogen-bond acceptors (Lipinski definition) is 4. The monoisotopic (exact) mass is 391 g/mol. The lowest BCUT2D eigenvalue weighted by Gasteiger charge is -2.26. The molecule has 1 aliphatic carbocycles. The van der Waals surface area contributed by atoms with Gasteiger partial charge in [0.1, 0.15) is 0 Å². The molecule has 27 heavy (non-hydrogen) atoms. The molecule has 1 saturated carbocycles. The Morgan fingerprint density at radius 3 is 2.44 bits per heavy atom. The van der Waals surface area contributed by atoms with Gasteiger partial charge >= 0.3 is 0 Å². The Hall–Kier alpha value is -1.64. The molecule has 0 radical (unpaired) electrons. The van der Waals surface area contributed by atoms with Gasteiger partial charge < -0.3 is 10.1 Å². The lowest BCUT2D eigenvalue weighted by Crippen LogP contribution is -2.16. The van der Waals surface area contributed by atoms with Gasteiger partial charge in [-0.3, -0.25) is 9.59 Å². The molecule has 1 aromatic rings. The first kappa shape index (κ1) is 23.4. The Labute approximate surface area is 168 Å². The van der Waals surface area contributed by atoms with Crippen molar-refractivity contribution in [1.29, 1.82) is 0 Å². The molecule has 4 nitrogen and oxygen atoms in total. The summed E-state index contributed by atoms with van der Waals surface area (Å²) < 4.78 is 4.62. The summed E-state index contributed by atoms with van der Waals surface area (Å²) in [6, 6.07) is 2.16. The zero-order valence-corrected chi connectivity index (χ0v) is 18.1. The van der Waals surface area contributed by atoms with Gasteiger partial charge in [-0.15, -0.1) is 11.3 Å². The summed E-state index contributed by atoms with van der Waals surface area (Å²) in [5.41, 5.74) is 1.25. The van der Waals surface area contributed by atoms with E-state index in [1.807, 2.05) is 0 Å². The van der Waals surface area contributed by atoms with E-state index >= 15 is 0 Å². The van der Waals surface area contributed by atoms with E-state index < -0.39 is 0 Å². The fourth-order valence-electron chi connectivity index (χ4n) is 2.93. The molecule has 0 saturated heterocycles. The molecule has 1 amide bonds. The Balaban J connectivity index is 0.000000445. The van der Waals surface area contributed by atoms with Gasteiger partial charge in [-0.05, 0) is 57.1 Å². The summed E-state index contributed by atoms with van der Waals surface area (Å²) in [4.78, 5) is 22.8. The number of carbonyl (C=O) groups is 2. The third-order valence-corrected chi connectivity index (χ3v) is 5.44. The highest BCUT2D eigenvalue weighted by Gasteiger charge is 2.23. The molecule has 1 heterocycles. The maximum Gasteiger partial charge on any atom is 0.207 e. The van der Waals surface area contributed by atoms with Crippen molar-refractivity contribution in [3.05, 3.63) is 21.4 Å². The van der Waals surface area contributed by atoms with Gasteiger partial charge in [0.2, 0.25) is 6.41 Å². The molecule has 1 fully saturated rings. The fraction of sp³-hybridized carbons (Fsp3) is 0.636. The van der Waals surface area contributed by atoms with Crippen molar-refractivity contribution in [3.8, 4) is 11.8 Å². The minimum atomic E-state index is 0.00572.